The Labute approximate surface area is 108 Å². The number of aromatic amines is 1. The number of nitrogens with one attached hydrogen (secondary N) is 2. The molecule has 4 N–H and O–H groups in total. The smallest absolute Gasteiger partial charge is 0.329 e. The van der Waals surface area contributed by atoms with Gasteiger partial charge in [0.1, 0.15) is 11.5 Å². The molecule has 102 valence electrons. The fraction of sp³-hybridized carbons (Fsp3) is 0.364. The molecule has 0 bridgehead atoms. The van der Waals surface area contributed by atoms with Crippen molar-refractivity contribution in [3.8, 4) is 0 Å². The summed E-state index contributed by atoms with van der Waals surface area (Å²) in [5, 5.41) is 7.07. The second kappa shape index (κ2) is 5.01. The van der Waals surface area contributed by atoms with Gasteiger partial charge in [-0.05, 0) is 13.0 Å². The predicted octanol–water partition coefficient (Wildman–Crippen LogP) is -0.647. The molecule has 8 heteroatoms. The van der Waals surface area contributed by atoms with Gasteiger partial charge in [0.2, 0.25) is 0 Å². The average molecular weight is 264 g/mol. The Morgan fingerprint density at radius 2 is 2.26 bits per heavy atom. The molecular formula is C11H16N6O2. The Morgan fingerprint density at radius 3 is 2.89 bits per heavy atom. The predicted molar refractivity (Wildman–Crippen MR) is 72.0 cm³/mol. The maximum absolute atomic E-state index is 11.7. The van der Waals surface area contributed by atoms with Crippen LogP contribution < -0.4 is 22.3 Å². The number of rotatable bonds is 4. The van der Waals surface area contributed by atoms with Crippen LogP contribution in [0.3, 0.4) is 0 Å². The summed E-state index contributed by atoms with van der Waals surface area (Å²) in [5.41, 5.74) is 4.91. The molecule has 1 atom stereocenters. The fourth-order valence-electron chi connectivity index (χ4n) is 1.76. The number of H-pyrrole nitrogens is 1. The maximum Gasteiger partial charge on any atom is 0.329 e. The zero-order chi connectivity index (χ0) is 14.0. The molecule has 0 fully saturated rings. The molecule has 0 aliphatic rings. The third-order valence-electron chi connectivity index (χ3n) is 2.78. The van der Waals surface area contributed by atoms with Gasteiger partial charge in [0.05, 0.1) is 6.54 Å². The largest absolute Gasteiger partial charge is 0.383 e. The minimum absolute atomic E-state index is 0.0687. The molecule has 2 heterocycles. The summed E-state index contributed by atoms with van der Waals surface area (Å²) in [4.78, 5) is 25.3. The van der Waals surface area contributed by atoms with Gasteiger partial charge < -0.3 is 11.1 Å². The summed E-state index contributed by atoms with van der Waals surface area (Å²) in [6.07, 6.45) is 3.51. The Hall–Kier alpha value is -2.51. The first-order valence-electron chi connectivity index (χ1n) is 5.81. The van der Waals surface area contributed by atoms with Crippen molar-refractivity contribution in [1.29, 1.82) is 0 Å². The van der Waals surface area contributed by atoms with E-state index >= 15 is 0 Å². The third-order valence-corrected chi connectivity index (χ3v) is 2.78. The highest BCUT2D eigenvalue weighted by Crippen LogP contribution is 2.10. The van der Waals surface area contributed by atoms with Crippen molar-refractivity contribution in [1.82, 2.24) is 19.3 Å². The van der Waals surface area contributed by atoms with Crippen LogP contribution in [0.5, 0.6) is 0 Å². The quantitative estimate of drug-likeness (QED) is 0.679. The van der Waals surface area contributed by atoms with Gasteiger partial charge in [-0.3, -0.25) is 19.0 Å². The van der Waals surface area contributed by atoms with Crippen LogP contribution >= 0.6 is 0 Å². The molecule has 0 aliphatic heterocycles. The fourth-order valence-corrected chi connectivity index (χ4v) is 1.76. The van der Waals surface area contributed by atoms with Crippen LogP contribution in [0.25, 0.3) is 0 Å². The number of aromatic nitrogens is 4. The van der Waals surface area contributed by atoms with Gasteiger partial charge in [0, 0.05) is 25.5 Å². The van der Waals surface area contributed by atoms with Gasteiger partial charge in [-0.1, -0.05) is 0 Å². The molecule has 0 amide bonds. The second-order valence-electron chi connectivity index (χ2n) is 4.35. The van der Waals surface area contributed by atoms with Crippen molar-refractivity contribution in [3.63, 3.8) is 0 Å². The van der Waals surface area contributed by atoms with Gasteiger partial charge in [-0.25, -0.2) is 4.79 Å². The third kappa shape index (κ3) is 2.67. The number of anilines is 2. The lowest BCUT2D eigenvalue weighted by molar-refractivity contribution is 0.560. The lowest BCUT2D eigenvalue weighted by Crippen LogP contribution is -2.35. The first-order chi connectivity index (χ1) is 8.99. The lowest BCUT2D eigenvalue weighted by atomic mass is 10.3. The highest BCUT2D eigenvalue weighted by molar-refractivity contribution is 5.60. The zero-order valence-electron chi connectivity index (χ0n) is 10.8. The first-order valence-corrected chi connectivity index (χ1v) is 5.81. The topological polar surface area (TPSA) is 111 Å². The van der Waals surface area contributed by atoms with E-state index in [-0.39, 0.29) is 17.5 Å². The molecule has 0 saturated heterocycles. The van der Waals surface area contributed by atoms with Crippen molar-refractivity contribution in [3.05, 3.63) is 39.3 Å². The van der Waals surface area contributed by atoms with Crippen LogP contribution in [0.4, 0.5) is 11.5 Å². The molecule has 0 radical (unpaired) electrons. The van der Waals surface area contributed by atoms with Crippen LogP contribution in [0.2, 0.25) is 0 Å². The van der Waals surface area contributed by atoms with Crippen molar-refractivity contribution in [2.24, 2.45) is 7.05 Å². The lowest BCUT2D eigenvalue weighted by Gasteiger charge is -2.16. The van der Waals surface area contributed by atoms with Crippen LogP contribution in [0.15, 0.2) is 28.0 Å². The van der Waals surface area contributed by atoms with Crippen molar-refractivity contribution in [2.45, 2.75) is 19.5 Å². The van der Waals surface area contributed by atoms with Crippen molar-refractivity contribution < 1.29 is 0 Å². The monoisotopic (exact) mass is 264 g/mol. The molecule has 0 aromatic carbocycles. The minimum Gasteiger partial charge on any atom is -0.383 e. The highest BCUT2D eigenvalue weighted by Gasteiger charge is 2.12. The van der Waals surface area contributed by atoms with E-state index in [0.717, 1.165) is 0 Å². The van der Waals surface area contributed by atoms with Crippen LogP contribution in [-0.4, -0.2) is 25.4 Å². The van der Waals surface area contributed by atoms with E-state index in [4.69, 9.17) is 5.73 Å². The number of nitrogens with two attached hydrogens (primary N) is 1. The molecule has 0 aliphatic carbocycles. The van der Waals surface area contributed by atoms with Crippen LogP contribution in [-0.2, 0) is 13.6 Å². The SMILES string of the molecule is CC(Cn1cccn1)Nc1c(N)n(C)c(=O)[nH]c1=O. The highest BCUT2D eigenvalue weighted by atomic mass is 16.2. The van der Waals surface area contributed by atoms with Gasteiger partial charge in [-0.2, -0.15) is 5.10 Å². The van der Waals surface area contributed by atoms with E-state index in [1.807, 2.05) is 19.2 Å². The van der Waals surface area contributed by atoms with Crippen molar-refractivity contribution in [2.75, 3.05) is 11.1 Å². The molecule has 0 spiro atoms. The summed E-state index contributed by atoms with van der Waals surface area (Å²) < 4.78 is 2.92. The Morgan fingerprint density at radius 1 is 1.53 bits per heavy atom. The second-order valence-corrected chi connectivity index (χ2v) is 4.35. The molecule has 19 heavy (non-hydrogen) atoms. The van der Waals surface area contributed by atoms with E-state index in [0.29, 0.717) is 6.54 Å². The summed E-state index contributed by atoms with van der Waals surface area (Å²) in [6, 6.07) is 1.75. The summed E-state index contributed by atoms with van der Waals surface area (Å²) in [7, 11) is 1.50. The summed E-state index contributed by atoms with van der Waals surface area (Å²) >= 11 is 0. The Balaban J connectivity index is 2.22. The number of hydrogen-bond donors (Lipinski definition) is 3. The zero-order valence-corrected chi connectivity index (χ0v) is 10.8. The van der Waals surface area contributed by atoms with Crippen molar-refractivity contribution >= 4 is 11.5 Å². The normalized spacial score (nSPS) is 12.3. The van der Waals surface area contributed by atoms with E-state index in [1.54, 1.807) is 10.9 Å². The first kappa shape index (κ1) is 12.9. The standard InChI is InChI=1S/C11H16N6O2/c1-7(6-17-5-3-4-13-17)14-8-9(12)16(2)11(19)15-10(8)18/h3-5,7,14H,6,12H2,1-2H3,(H,15,18,19). The average Bonchev–Trinajstić information content (AvgIpc) is 2.85. The van der Waals surface area contributed by atoms with Gasteiger partial charge in [-0.15, -0.1) is 0 Å². The molecule has 2 aromatic rings. The van der Waals surface area contributed by atoms with E-state index < -0.39 is 11.2 Å². The minimum atomic E-state index is -0.534. The maximum atomic E-state index is 11.7. The Bertz CT molecular complexity index is 669. The molecule has 2 rings (SSSR count). The number of nitrogens with zero attached hydrogens (tertiary/aromatic N) is 3. The number of nitrogen functional groups attached to an aromatic ring is 1. The molecule has 1 unspecified atom stereocenters. The van der Waals surface area contributed by atoms with Crippen LogP contribution in [0, 0.1) is 0 Å². The van der Waals surface area contributed by atoms with E-state index in [9.17, 15) is 9.59 Å². The van der Waals surface area contributed by atoms with Crippen LogP contribution in [0.1, 0.15) is 6.92 Å². The molecule has 0 saturated carbocycles. The van der Waals surface area contributed by atoms with E-state index in [1.165, 1.54) is 11.6 Å². The summed E-state index contributed by atoms with van der Waals surface area (Å²) in [5.74, 6) is 0.112. The van der Waals surface area contributed by atoms with Gasteiger partial charge in [0.15, 0.2) is 0 Å². The number of hydrogen-bond acceptors (Lipinski definition) is 5. The van der Waals surface area contributed by atoms with Gasteiger partial charge >= 0.3 is 5.69 Å². The van der Waals surface area contributed by atoms with Gasteiger partial charge in [0.25, 0.3) is 5.56 Å². The molecule has 8 nitrogen and oxygen atoms in total. The molecular weight excluding hydrogens is 248 g/mol. The Kier molecular flexibility index (Phi) is 3.41. The molecule has 2 aromatic heterocycles. The van der Waals surface area contributed by atoms with E-state index in [2.05, 4.69) is 15.4 Å². The summed E-state index contributed by atoms with van der Waals surface area (Å²) in [6.45, 7) is 2.47.